The summed E-state index contributed by atoms with van der Waals surface area (Å²) in [6, 6.07) is 0. The number of ether oxygens (including phenoxy) is 1. The molecule has 0 aliphatic heterocycles. The molecule has 0 fully saturated rings. The van der Waals surface area contributed by atoms with Gasteiger partial charge in [0.2, 0.25) is 0 Å². The predicted octanol–water partition coefficient (Wildman–Crippen LogP) is 1.79. The lowest BCUT2D eigenvalue weighted by Gasteiger charge is -2.03. The summed E-state index contributed by atoms with van der Waals surface area (Å²) in [7, 11) is 1.34. The fourth-order valence-corrected chi connectivity index (χ4v) is 1.09. The molecule has 0 amide bonds. The highest BCUT2D eigenvalue weighted by Gasteiger charge is 2.09. The zero-order valence-electron chi connectivity index (χ0n) is 5.77. The van der Waals surface area contributed by atoms with E-state index in [4.69, 9.17) is 23.2 Å². The van der Waals surface area contributed by atoms with Gasteiger partial charge in [-0.25, -0.2) is 0 Å². The number of rotatable bonds is 4. The number of alkyl halides is 2. The Balaban J connectivity index is 3.37. The van der Waals surface area contributed by atoms with Crippen LogP contribution >= 0.6 is 23.2 Å². The molecule has 0 aliphatic carbocycles. The maximum Gasteiger partial charge on any atom is 0.307 e. The predicted molar refractivity (Wildman–Crippen MR) is 41.6 cm³/mol. The van der Waals surface area contributed by atoms with Crippen molar-refractivity contribution < 1.29 is 9.53 Å². The van der Waals surface area contributed by atoms with Crippen LogP contribution < -0.4 is 0 Å². The van der Waals surface area contributed by atoms with E-state index in [0.717, 1.165) is 0 Å². The van der Waals surface area contributed by atoms with Crippen molar-refractivity contribution in [1.29, 1.82) is 0 Å². The van der Waals surface area contributed by atoms with E-state index in [0.29, 0.717) is 12.3 Å². The van der Waals surface area contributed by atoms with Crippen LogP contribution in [0.25, 0.3) is 0 Å². The van der Waals surface area contributed by atoms with Gasteiger partial charge in [-0.3, -0.25) is 4.79 Å². The van der Waals surface area contributed by atoms with Crippen LogP contribution in [-0.4, -0.2) is 24.3 Å². The van der Waals surface area contributed by atoms with Crippen LogP contribution in [0.3, 0.4) is 0 Å². The van der Waals surface area contributed by atoms with E-state index < -0.39 is 0 Å². The van der Waals surface area contributed by atoms with Gasteiger partial charge < -0.3 is 4.74 Å². The Hall–Kier alpha value is 0.0500. The van der Waals surface area contributed by atoms with Gasteiger partial charge in [-0.2, -0.15) is 0 Å². The molecule has 0 saturated heterocycles. The topological polar surface area (TPSA) is 26.3 Å². The van der Waals surface area contributed by atoms with Gasteiger partial charge in [-0.1, -0.05) is 0 Å². The third-order valence-electron chi connectivity index (χ3n) is 1.04. The van der Waals surface area contributed by atoms with E-state index >= 15 is 0 Å². The fraction of sp³-hybridized carbons (Fsp3) is 0.833. The Kier molecular flexibility index (Phi) is 5.84. The molecule has 0 bridgehead atoms. The minimum atomic E-state index is -0.287. The number of esters is 1. The van der Waals surface area contributed by atoms with E-state index in [1.807, 2.05) is 0 Å². The minimum Gasteiger partial charge on any atom is -0.469 e. The smallest absolute Gasteiger partial charge is 0.307 e. The molecule has 0 aromatic rings. The number of carbonyl (C=O) groups excluding carboxylic acids is 1. The van der Waals surface area contributed by atoms with E-state index in [1.54, 1.807) is 0 Å². The Morgan fingerprint density at radius 3 is 2.70 bits per heavy atom. The number of carbonyl (C=O) groups is 1. The average Bonchev–Trinajstić information content (AvgIpc) is 1.88. The molecule has 4 heteroatoms. The first-order chi connectivity index (χ1) is 4.70. The number of halogens is 2. The molecule has 1 atom stereocenters. The Morgan fingerprint density at radius 2 is 2.30 bits per heavy atom. The van der Waals surface area contributed by atoms with Crippen molar-refractivity contribution in [2.75, 3.05) is 13.0 Å². The zero-order valence-corrected chi connectivity index (χ0v) is 7.28. The third-order valence-corrected chi connectivity index (χ3v) is 1.63. The first kappa shape index (κ1) is 10.0. The van der Waals surface area contributed by atoms with Gasteiger partial charge in [-0.05, 0) is 6.42 Å². The summed E-state index contributed by atoms with van der Waals surface area (Å²) in [6.45, 7) is 0. The van der Waals surface area contributed by atoms with E-state index in [2.05, 4.69) is 4.74 Å². The van der Waals surface area contributed by atoms with Gasteiger partial charge >= 0.3 is 5.97 Å². The average molecular weight is 185 g/mol. The third kappa shape index (κ3) is 4.89. The minimum absolute atomic E-state index is 0.190. The molecular weight excluding hydrogens is 175 g/mol. The molecule has 0 aromatic carbocycles. The molecule has 0 spiro atoms. The Bertz CT molecular complexity index is 106. The zero-order chi connectivity index (χ0) is 7.98. The molecule has 0 radical (unpaired) electrons. The van der Waals surface area contributed by atoms with Crippen molar-refractivity contribution in [2.45, 2.75) is 18.2 Å². The molecule has 0 rings (SSSR count). The van der Waals surface area contributed by atoms with Gasteiger partial charge in [0.05, 0.1) is 13.5 Å². The van der Waals surface area contributed by atoms with E-state index in [9.17, 15) is 4.79 Å². The molecule has 10 heavy (non-hydrogen) atoms. The lowest BCUT2D eigenvalue weighted by Crippen LogP contribution is -2.09. The second-order valence-electron chi connectivity index (χ2n) is 1.86. The lowest BCUT2D eigenvalue weighted by atomic mass is 10.2. The van der Waals surface area contributed by atoms with Crippen molar-refractivity contribution in [3.63, 3.8) is 0 Å². The highest BCUT2D eigenvalue weighted by atomic mass is 35.5. The normalized spacial score (nSPS) is 12.7. The summed E-state index contributed by atoms with van der Waals surface area (Å²) >= 11 is 11.1. The molecule has 0 aliphatic rings. The molecule has 1 unspecified atom stereocenters. The van der Waals surface area contributed by atoms with Crippen LogP contribution in [-0.2, 0) is 9.53 Å². The summed E-state index contributed by atoms with van der Waals surface area (Å²) < 4.78 is 4.40. The van der Waals surface area contributed by atoms with Crippen molar-refractivity contribution in [3.05, 3.63) is 0 Å². The summed E-state index contributed by atoms with van der Waals surface area (Å²) in [5.41, 5.74) is 0. The van der Waals surface area contributed by atoms with Crippen LogP contribution in [0.2, 0.25) is 0 Å². The first-order valence-electron chi connectivity index (χ1n) is 2.97. The molecule has 0 heterocycles. The van der Waals surface area contributed by atoms with Crippen LogP contribution in [0.1, 0.15) is 12.8 Å². The summed E-state index contributed by atoms with van der Waals surface area (Å²) in [5, 5.41) is -0.190. The molecule has 60 valence electrons. The highest BCUT2D eigenvalue weighted by molar-refractivity contribution is 6.23. The molecule has 0 N–H and O–H groups in total. The summed E-state index contributed by atoms with van der Waals surface area (Å²) in [5.74, 6) is 0.190. The maximum atomic E-state index is 10.5. The van der Waals surface area contributed by atoms with Crippen LogP contribution in [0.5, 0.6) is 0 Å². The molecule has 0 aromatic heterocycles. The van der Waals surface area contributed by atoms with Crippen LogP contribution in [0.4, 0.5) is 0 Å². The SMILES string of the molecule is COC(=O)CC(Cl)CCCl. The second kappa shape index (κ2) is 5.81. The summed E-state index contributed by atoms with van der Waals surface area (Å²) in [6.07, 6.45) is 0.878. The Morgan fingerprint density at radius 1 is 1.70 bits per heavy atom. The van der Waals surface area contributed by atoms with Crippen LogP contribution in [0.15, 0.2) is 0 Å². The van der Waals surface area contributed by atoms with Crippen molar-refractivity contribution in [2.24, 2.45) is 0 Å². The fourth-order valence-electron chi connectivity index (χ4n) is 0.485. The molecule has 2 nitrogen and oxygen atoms in total. The second-order valence-corrected chi connectivity index (χ2v) is 2.85. The quantitative estimate of drug-likeness (QED) is 0.493. The standard InChI is InChI=1S/C6H10Cl2O2/c1-10-6(9)4-5(8)2-3-7/h5H,2-4H2,1H3. The number of hydrogen-bond donors (Lipinski definition) is 0. The largest absolute Gasteiger partial charge is 0.469 e. The first-order valence-corrected chi connectivity index (χ1v) is 3.94. The van der Waals surface area contributed by atoms with Gasteiger partial charge in [0, 0.05) is 11.3 Å². The molecular formula is C6H10Cl2O2. The lowest BCUT2D eigenvalue weighted by molar-refractivity contribution is -0.140. The van der Waals surface area contributed by atoms with E-state index in [1.165, 1.54) is 7.11 Å². The van der Waals surface area contributed by atoms with Gasteiger partial charge in [0.1, 0.15) is 0 Å². The van der Waals surface area contributed by atoms with Gasteiger partial charge in [0.25, 0.3) is 0 Å². The number of hydrogen-bond acceptors (Lipinski definition) is 2. The van der Waals surface area contributed by atoms with E-state index in [-0.39, 0.29) is 17.8 Å². The summed E-state index contributed by atoms with van der Waals surface area (Å²) in [4.78, 5) is 10.5. The van der Waals surface area contributed by atoms with Gasteiger partial charge in [0.15, 0.2) is 0 Å². The van der Waals surface area contributed by atoms with Crippen molar-refractivity contribution in [3.8, 4) is 0 Å². The van der Waals surface area contributed by atoms with Crippen molar-refractivity contribution in [1.82, 2.24) is 0 Å². The number of methoxy groups -OCH3 is 1. The highest BCUT2D eigenvalue weighted by Crippen LogP contribution is 2.08. The van der Waals surface area contributed by atoms with Crippen LogP contribution in [0, 0.1) is 0 Å². The monoisotopic (exact) mass is 184 g/mol. The molecule has 0 saturated carbocycles. The maximum absolute atomic E-state index is 10.5. The Labute approximate surface area is 70.4 Å². The van der Waals surface area contributed by atoms with Crippen molar-refractivity contribution >= 4 is 29.2 Å². The van der Waals surface area contributed by atoms with Gasteiger partial charge in [-0.15, -0.1) is 23.2 Å².